The predicted octanol–water partition coefficient (Wildman–Crippen LogP) is 4.39. The maximum atomic E-state index is 12.0. The highest BCUT2D eigenvalue weighted by Gasteiger charge is 2.23. The maximum absolute atomic E-state index is 12.0. The van der Waals surface area contributed by atoms with Gasteiger partial charge >= 0.3 is 0 Å². The van der Waals surface area contributed by atoms with Gasteiger partial charge in [-0.3, -0.25) is 4.79 Å². The van der Waals surface area contributed by atoms with Crippen molar-refractivity contribution in [2.45, 2.75) is 39.0 Å². The van der Waals surface area contributed by atoms with Gasteiger partial charge in [0, 0.05) is 27.3 Å². The molecule has 7 heteroatoms. The monoisotopic (exact) mass is 395 g/mol. The largest absolute Gasteiger partial charge is 0.326 e. The van der Waals surface area contributed by atoms with Gasteiger partial charge in [0.05, 0.1) is 4.90 Å². The van der Waals surface area contributed by atoms with Crippen LogP contribution in [0.3, 0.4) is 0 Å². The predicted molar refractivity (Wildman–Crippen MR) is 89.0 cm³/mol. The zero-order chi connectivity index (χ0) is 16.4. The van der Waals surface area contributed by atoms with E-state index in [9.17, 15) is 13.2 Å². The third kappa shape index (κ3) is 5.60. The number of nitrogens with one attached hydrogen (secondary N) is 1. The molecule has 1 N–H and O–H groups in total. The third-order valence-corrected chi connectivity index (χ3v) is 5.75. The molecule has 0 aromatic heterocycles. The summed E-state index contributed by atoms with van der Waals surface area (Å²) < 4.78 is 22.9. The van der Waals surface area contributed by atoms with Gasteiger partial charge in [0.25, 0.3) is 9.05 Å². The van der Waals surface area contributed by atoms with Gasteiger partial charge < -0.3 is 5.32 Å². The first kappa shape index (κ1) is 18.5. The molecule has 1 amide bonds. The number of halogens is 2. The molecule has 1 aromatic rings. The molecule has 0 aliphatic heterocycles. The van der Waals surface area contributed by atoms with E-state index < -0.39 is 9.05 Å². The van der Waals surface area contributed by atoms with Crippen molar-refractivity contribution in [1.29, 1.82) is 0 Å². The van der Waals surface area contributed by atoms with Crippen LogP contribution in [0.2, 0.25) is 0 Å². The van der Waals surface area contributed by atoms with Crippen molar-refractivity contribution in [3.8, 4) is 0 Å². The van der Waals surface area contributed by atoms with Crippen molar-refractivity contribution < 1.29 is 13.2 Å². The number of hydrogen-bond acceptors (Lipinski definition) is 3. The summed E-state index contributed by atoms with van der Waals surface area (Å²) in [6, 6.07) is 4.39. The van der Waals surface area contributed by atoms with Gasteiger partial charge in [-0.05, 0) is 45.5 Å². The zero-order valence-corrected chi connectivity index (χ0v) is 15.6. The summed E-state index contributed by atoms with van der Waals surface area (Å²) in [4.78, 5) is 12.0. The number of carbonyl (C=O) groups excluding carboxylic acids is 1. The molecule has 0 saturated heterocycles. The normalized spacial score (nSPS) is 13.8. The highest BCUT2D eigenvalue weighted by Crippen LogP contribution is 2.30. The standard InChI is InChI=1S/C14H19BrClNO3S/c1-9(14(2,3)4)7-13(18)17-10-5-6-12(11(15)8-10)21(16,19)20/h5-6,8-9H,7H2,1-4H3,(H,17,18). The van der Waals surface area contributed by atoms with Crippen LogP contribution in [0.15, 0.2) is 27.6 Å². The van der Waals surface area contributed by atoms with E-state index in [4.69, 9.17) is 10.7 Å². The first-order valence-electron chi connectivity index (χ1n) is 6.45. The van der Waals surface area contributed by atoms with E-state index in [1.54, 1.807) is 0 Å². The Kier molecular flexibility index (Phi) is 5.86. The Morgan fingerprint density at radius 2 is 1.95 bits per heavy atom. The average molecular weight is 397 g/mol. The average Bonchev–Trinajstić information content (AvgIpc) is 2.25. The summed E-state index contributed by atoms with van der Waals surface area (Å²) in [5.41, 5.74) is 0.575. The van der Waals surface area contributed by atoms with Crippen LogP contribution in [0.4, 0.5) is 5.69 Å². The molecule has 0 aliphatic rings. The van der Waals surface area contributed by atoms with Gasteiger partial charge in [0.2, 0.25) is 5.91 Å². The van der Waals surface area contributed by atoms with Gasteiger partial charge in [-0.1, -0.05) is 27.7 Å². The molecule has 1 atom stereocenters. The van der Waals surface area contributed by atoms with E-state index in [0.717, 1.165) is 0 Å². The second-order valence-corrected chi connectivity index (χ2v) is 9.49. The Labute approximate surface area is 138 Å². The fourth-order valence-corrected chi connectivity index (χ4v) is 3.80. The summed E-state index contributed by atoms with van der Waals surface area (Å²) in [5.74, 6) is 0.120. The van der Waals surface area contributed by atoms with Gasteiger partial charge in [0.15, 0.2) is 0 Å². The second kappa shape index (κ2) is 6.67. The molecule has 118 valence electrons. The van der Waals surface area contributed by atoms with Crippen LogP contribution in [0.25, 0.3) is 0 Å². The zero-order valence-electron chi connectivity index (χ0n) is 12.4. The van der Waals surface area contributed by atoms with Crippen molar-refractivity contribution in [2.75, 3.05) is 5.32 Å². The van der Waals surface area contributed by atoms with Crippen molar-refractivity contribution >= 4 is 47.3 Å². The van der Waals surface area contributed by atoms with E-state index >= 15 is 0 Å². The molecular formula is C14H19BrClNO3S. The van der Waals surface area contributed by atoms with Crippen LogP contribution in [-0.4, -0.2) is 14.3 Å². The molecule has 21 heavy (non-hydrogen) atoms. The number of rotatable bonds is 4. The Bertz CT molecular complexity index is 638. The van der Waals surface area contributed by atoms with Crippen LogP contribution < -0.4 is 5.32 Å². The molecule has 0 heterocycles. The van der Waals surface area contributed by atoms with E-state index in [1.807, 2.05) is 6.92 Å². The van der Waals surface area contributed by atoms with Crippen molar-refractivity contribution in [1.82, 2.24) is 0 Å². The first-order valence-corrected chi connectivity index (χ1v) is 9.55. The van der Waals surface area contributed by atoms with Crippen molar-refractivity contribution in [3.05, 3.63) is 22.7 Å². The topological polar surface area (TPSA) is 63.2 Å². The number of benzene rings is 1. The highest BCUT2D eigenvalue weighted by molar-refractivity contribution is 9.10. The van der Waals surface area contributed by atoms with Gasteiger partial charge in [-0.2, -0.15) is 0 Å². The fourth-order valence-electron chi connectivity index (χ4n) is 1.57. The molecule has 1 rings (SSSR count). The molecular weight excluding hydrogens is 378 g/mol. The summed E-state index contributed by atoms with van der Waals surface area (Å²) in [6.45, 7) is 8.28. The van der Waals surface area contributed by atoms with Gasteiger partial charge in [-0.25, -0.2) is 8.42 Å². The Morgan fingerprint density at radius 1 is 1.38 bits per heavy atom. The molecule has 0 aliphatic carbocycles. The molecule has 0 saturated carbocycles. The van der Waals surface area contributed by atoms with E-state index in [0.29, 0.717) is 16.6 Å². The lowest BCUT2D eigenvalue weighted by Crippen LogP contribution is -2.23. The van der Waals surface area contributed by atoms with Crippen molar-refractivity contribution in [2.24, 2.45) is 11.3 Å². The van der Waals surface area contributed by atoms with E-state index in [1.165, 1.54) is 18.2 Å². The Balaban J connectivity index is 2.81. The summed E-state index contributed by atoms with van der Waals surface area (Å²) in [7, 11) is 1.49. The van der Waals surface area contributed by atoms with Crippen LogP contribution in [0, 0.1) is 11.3 Å². The maximum Gasteiger partial charge on any atom is 0.262 e. The van der Waals surface area contributed by atoms with Crippen LogP contribution in [-0.2, 0) is 13.8 Å². The second-order valence-electron chi connectivity index (χ2n) is 6.10. The van der Waals surface area contributed by atoms with Crippen LogP contribution in [0.1, 0.15) is 34.1 Å². The molecule has 0 bridgehead atoms. The molecule has 4 nitrogen and oxygen atoms in total. The molecule has 0 spiro atoms. The number of carbonyl (C=O) groups is 1. The smallest absolute Gasteiger partial charge is 0.262 e. The lowest BCUT2D eigenvalue weighted by atomic mass is 9.80. The Morgan fingerprint density at radius 3 is 2.38 bits per heavy atom. The minimum atomic E-state index is -3.80. The number of hydrogen-bond donors (Lipinski definition) is 1. The van der Waals surface area contributed by atoms with E-state index in [-0.39, 0.29) is 22.1 Å². The lowest BCUT2D eigenvalue weighted by molar-refractivity contribution is -0.117. The third-order valence-electron chi connectivity index (χ3n) is 3.45. The summed E-state index contributed by atoms with van der Waals surface area (Å²) in [6.07, 6.45) is 0.399. The van der Waals surface area contributed by atoms with Crippen molar-refractivity contribution in [3.63, 3.8) is 0 Å². The number of amides is 1. The summed E-state index contributed by atoms with van der Waals surface area (Å²) in [5, 5.41) is 2.76. The van der Waals surface area contributed by atoms with Gasteiger partial charge in [-0.15, -0.1) is 0 Å². The quantitative estimate of drug-likeness (QED) is 0.768. The molecule has 1 aromatic carbocycles. The molecule has 0 fully saturated rings. The van der Waals surface area contributed by atoms with Crippen LogP contribution in [0.5, 0.6) is 0 Å². The SMILES string of the molecule is CC(CC(=O)Nc1ccc(S(=O)(=O)Cl)c(Br)c1)C(C)(C)C. The minimum Gasteiger partial charge on any atom is -0.326 e. The van der Waals surface area contributed by atoms with E-state index in [2.05, 4.69) is 42.0 Å². The minimum absolute atomic E-state index is 0.0229. The fraction of sp³-hybridized carbons (Fsp3) is 0.500. The summed E-state index contributed by atoms with van der Waals surface area (Å²) >= 11 is 3.14. The number of anilines is 1. The first-order chi connectivity index (χ1) is 9.41. The Hall–Kier alpha value is -0.590. The molecule has 1 unspecified atom stereocenters. The van der Waals surface area contributed by atoms with Crippen LogP contribution >= 0.6 is 26.6 Å². The van der Waals surface area contributed by atoms with Gasteiger partial charge in [0.1, 0.15) is 0 Å². The lowest BCUT2D eigenvalue weighted by Gasteiger charge is -2.26. The highest BCUT2D eigenvalue weighted by atomic mass is 79.9. The molecule has 0 radical (unpaired) electrons.